The fourth-order valence-electron chi connectivity index (χ4n) is 5.32. The number of unbranched alkanes of at least 4 members (excludes halogenated alkanes) is 2. The monoisotopic (exact) mass is 410 g/mol. The van der Waals surface area contributed by atoms with E-state index in [-0.39, 0.29) is 0 Å². The predicted octanol–water partition coefficient (Wildman–Crippen LogP) is 6.73. The van der Waals surface area contributed by atoms with E-state index in [4.69, 9.17) is 0 Å². The first kappa shape index (κ1) is 20.2. The smallest absolute Gasteiger partial charge is 0.0613 e. The maximum absolute atomic E-state index is 2.70. The molecule has 160 valence electrons. The van der Waals surface area contributed by atoms with E-state index < -0.39 is 0 Å². The number of rotatable bonds is 8. The number of nitrogens with zero attached hydrogens (tertiary/aromatic N) is 2. The van der Waals surface area contributed by atoms with Crippen LogP contribution < -0.4 is 9.80 Å². The van der Waals surface area contributed by atoms with Crippen molar-refractivity contribution in [2.45, 2.75) is 51.5 Å². The van der Waals surface area contributed by atoms with Gasteiger partial charge in [-0.15, -0.1) is 0 Å². The Bertz CT molecular complexity index is 1010. The minimum absolute atomic E-state index is 0.645. The van der Waals surface area contributed by atoms with Gasteiger partial charge < -0.3 is 9.80 Å². The number of fused-ring (bicyclic) bond motifs is 4. The van der Waals surface area contributed by atoms with Gasteiger partial charge in [0.15, 0.2) is 0 Å². The molecule has 1 unspecified atom stereocenters. The van der Waals surface area contributed by atoms with Crippen molar-refractivity contribution in [3.05, 3.63) is 83.9 Å². The van der Waals surface area contributed by atoms with E-state index >= 15 is 0 Å². The maximum Gasteiger partial charge on any atom is 0.0613 e. The van der Waals surface area contributed by atoms with E-state index in [1.165, 1.54) is 78.8 Å². The van der Waals surface area contributed by atoms with Crippen LogP contribution in [-0.2, 0) is 12.8 Å². The van der Waals surface area contributed by atoms with Crippen molar-refractivity contribution in [2.24, 2.45) is 0 Å². The molecular formula is C29H34N2. The Morgan fingerprint density at radius 3 is 2.45 bits per heavy atom. The van der Waals surface area contributed by atoms with Gasteiger partial charge in [-0.3, -0.25) is 0 Å². The highest BCUT2D eigenvalue weighted by Gasteiger charge is 2.35. The lowest BCUT2D eigenvalue weighted by Crippen LogP contribution is -2.43. The van der Waals surface area contributed by atoms with Crippen molar-refractivity contribution >= 4 is 11.4 Å². The molecule has 0 saturated carbocycles. The Morgan fingerprint density at radius 1 is 0.774 bits per heavy atom. The number of hydrogen-bond donors (Lipinski definition) is 0. The van der Waals surface area contributed by atoms with Gasteiger partial charge in [0, 0.05) is 25.7 Å². The average Bonchev–Trinajstić information content (AvgIpc) is 3.25. The van der Waals surface area contributed by atoms with Crippen LogP contribution in [0.1, 0.15) is 43.7 Å². The lowest BCUT2D eigenvalue weighted by atomic mass is 10.0. The zero-order valence-electron chi connectivity index (χ0n) is 18.8. The first-order valence-corrected chi connectivity index (χ1v) is 12.1. The molecular weight excluding hydrogens is 376 g/mol. The topological polar surface area (TPSA) is 6.48 Å². The molecule has 0 aromatic heterocycles. The van der Waals surface area contributed by atoms with Crippen molar-refractivity contribution in [3.8, 4) is 11.1 Å². The molecule has 5 rings (SSSR count). The van der Waals surface area contributed by atoms with Gasteiger partial charge in [0.1, 0.15) is 0 Å². The summed E-state index contributed by atoms with van der Waals surface area (Å²) in [5.41, 5.74) is 8.46. The molecule has 31 heavy (non-hydrogen) atoms. The van der Waals surface area contributed by atoms with Gasteiger partial charge in [0.2, 0.25) is 0 Å². The quantitative estimate of drug-likeness (QED) is 0.380. The second kappa shape index (κ2) is 9.18. The van der Waals surface area contributed by atoms with E-state index in [0.717, 1.165) is 13.0 Å². The van der Waals surface area contributed by atoms with Gasteiger partial charge in [-0.25, -0.2) is 0 Å². The summed E-state index contributed by atoms with van der Waals surface area (Å²) in [7, 11) is 0. The van der Waals surface area contributed by atoms with E-state index in [1.54, 1.807) is 0 Å². The molecule has 1 fully saturated rings. The summed E-state index contributed by atoms with van der Waals surface area (Å²) in [6, 6.07) is 27.8. The lowest BCUT2D eigenvalue weighted by Gasteiger charge is -2.39. The molecule has 2 heteroatoms. The molecule has 2 bridgehead atoms. The van der Waals surface area contributed by atoms with Crippen LogP contribution in [0.2, 0.25) is 0 Å². The van der Waals surface area contributed by atoms with Gasteiger partial charge in [-0.1, -0.05) is 80.4 Å². The number of anilines is 2. The first-order chi connectivity index (χ1) is 15.3. The number of benzene rings is 3. The Kier molecular flexibility index (Phi) is 5.97. The molecule has 3 aromatic carbocycles. The van der Waals surface area contributed by atoms with Crippen LogP contribution >= 0.6 is 0 Å². The highest BCUT2D eigenvalue weighted by Crippen LogP contribution is 2.42. The van der Waals surface area contributed by atoms with Crippen molar-refractivity contribution < 1.29 is 0 Å². The van der Waals surface area contributed by atoms with Crippen molar-refractivity contribution in [3.63, 3.8) is 0 Å². The van der Waals surface area contributed by atoms with Crippen LogP contribution in [0.5, 0.6) is 0 Å². The van der Waals surface area contributed by atoms with Crippen molar-refractivity contribution in [2.75, 3.05) is 29.4 Å². The van der Waals surface area contributed by atoms with E-state index in [9.17, 15) is 0 Å². The molecule has 1 saturated heterocycles. The van der Waals surface area contributed by atoms with Crippen molar-refractivity contribution in [1.82, 2.24) is 0 Å². The fourth-order valence-corrected chi connectivity index (χ4v) is 5.32. The minimum Gasteiger partial charge on any atom is -0.368 e. The first-order valence-electron chi connectivity index (χ1n) is 12.1. The van der Waals surface area contributed by atoms with Crippen LogP contribution in [0.15, 0.2) is 72.8 Å². The van der Waals surface area contributed by atoms with E-state index in [2.05, 4.69) is 89.5 Å². The highest BCUT2D eigenvalue weighted by molar-refractivity contribution is 5.81. The zero-order valence-corrected chi connectivity index (χ0v) is 18.8. The van der Waals surface area contributed by atoms with Crippen LogP contribution in [0.4, 0.5) is 11.4 Å². The van der Waals surface area contributed by atoms with Crippen LogP contribution in [0, 0.1) is 0 Å². The second-order valence-electron chi connectivity index (χ2n) is 9.18. The molecule has 0 amide bonds. The third-order valence-electron chi connectivity index (χ3n) is 7.04. The van der Waals surface area contributed by atoms with Gasteiger partial charge >= 0.3 is 0 Å². The normalized spacial score (nSPS) is 17.1. The summed E-state index contributed by atoms with van der Waals surface area (Å²) in [5, 5.41) is 0. The van der Waals surface area contributed by atoms with Crippen molar-refractivity contribution in [1.29, 1.82) is 0 Å². The number of aryl methyl sites for hydroxylation is 1. The molecule has 2 nitrogen and oxygen atoms in total. The summed E-state index contributed by atoms with van der Waals surface area (Å²) in [6.07, 6.45) is 7.53. The summed E-state index contributed by atoms with van der Waals surface area (Å²) < 4.78 is 0. The van der Waals surface area contributed by atoms with Crippen LogP contribution in [0.25, 0.3) is 11.1 Å². The van der Waals surface area contributed by atoms with Crippen LogP contribution in [0.3, 0.4) is 0 Å². The summed E-state index contributed by atoms with van der Waals surface area (Å²) in [5.74, 6) is 0. The molecule has 0 aliphatic carbocycles. The Morgan fingerprint density at radius 2 is 1.61 bits per heavy atom. The molecule has 3 aromatic rings. The van der Waals surface area contributed by atoms with Gasteiger partial charge in [0.25, 0.3) is 0 Å². The summed E-state index contributed by atoms with van der Waals surface area (Å²) in [4.78, 5) is 5.29. The molecule has 1 atom stereocenters. The average molecular weight is 411 g/mol. The second-order valence-corrected chi connectivity index (χ2v) is 9.18. The third-order valence-corrected chi connectivity index (χ3v) is 7.04. The molecule has 0 N–H and O–H groups in total. The van der Waals surface area contributed by atoms with Crippen LogP contribution in [-0.4, -0.2) is 25.7 Å². The Labute approximate surface area is 187 Å². The maximum atomic E-state index is 2.70. The van der Waals surface area contributed by atoms with Gasteiger partial charge in [0.05, 0.1) is 11.4 Å². The van der Waals surface area contributed by atoms with Gasteiger partial charge in [-0.2, -0.15) is 0 Å². The fraction of sp³-hybridized carbons (Fsp3) is 0.379. The predicted molar refractivity (Wildman–Crippen MR) is 133 cm³/mol. The Balaban J connectivity index is 1.36. The minimum atomic E-state index is 0.645. The zero-order chi connectivity index (χ0) is 21.0. The standard InChI is InChI=1S/C29H34N2/c1-2-3-5-9-23-10-8-11-24(20-23)16-19-31-27-17-18-30(22-27)28-15-14-26(21-29(28)31)25-12-6-4-7-13-25/h4,6-8,10-15,20-21,27H,2-3,5,9,16-19,22H2,1H3. The number of hydrogen-bond acceptors (Lipinski definition) is 2. The SMILES string of the molecule is CCCCCc1cccc(CCN2c3cc(-c4ccccc4)ccc3N3CCC2C3)c1. The molecule has 2 aliphatic rings. The lowest BCUT2D eigenvalue weighted by molar-refractivity contribution is 0.626. The third kappa shape index (κ3) is 4.35. The molecule has 2 aliphatic heterocycles. The molecule has 0 spiro atoms. The largest absolute Gasteiger partial charge is 0.368 e. The summed E-state index contributed by atoms with van der Waals surface area (Å²) in [6.45, 7) is 5.74. The highest BCUT2D eigenvalue weighted by atomic mass is 15.3. The molecule has 2 heterocycles. The summed E-state index contributed by atoms with van der Waals surface area (Å²) >= 11 is 0. The van der Waals surface area contributed by atoms with E-state index in [1.807, 2.05) is 0 Å². The van der Waals surface area contributed by atoms with E-state index in [0.29, 0.717) is 6.04 Å². The molecule has 0 radical (unpaired) electrons. The van der Waals surface area contributed by atoms with Gasteiger partial charge in [-0.05, 0) is 60.1 Å². The Hall–Kier alpha value is -2.74.